The largest absolute Gasteiger partial charge is 0.507 e. The van der Waals surface area contributed by atoms with Crippen LogP contribution in [0.4, 0.5) is 4.39 Å². The molecule has 3 rings (SSSR count). The van der Waals surface area contributed by atoms with Crippen molar-refractivity contribution >= 4 is 10.8 Å². The van der Waals surface area contributed by atoms with Crippen molar-refractivity contribution in [3.8, 4) is 17.2 Å². The lowest BCUT2D eigenvalue weighted by atomic mass is 9.98. The van der Waals surface area contributed by atoms with Gasteiger partial charge in [-0.3, -0.25) is 0 Å². The molecule has 3 aromatic rings. The predicted octanol–water partition coefficient (Wildman–Crippen LogP) is 4.29. The Bertz CT molecular complexity index is 844. The van der Waals surface area contributed by atoms with Crippen molar-refractivity contribution < 1.29 is 19.0 Å². The summed E-state index contributed by atoms with van der Waals surface area (Å²) in [5.74, 6) is -0.0540. The third-order valence-corrected chi connectivity index (χ3v) is 3.89. The Hall–Kier alpha value is -2.75. The second-order valence-electron chi connectivity index (χ2n) is 5.25. The Labute approximate surface area is 133 Å². The van der Waals surface area contributed by atoms with E-state index in [9.17, 15) is 9.50 Å². The van der Waals surface area contributed by atoms with Crippen LogP contribution >= 0.6 is 0 Å². The molecule has 3 aromatic carbocycles. The number of rotatable bonds is 4. The number of fused-ring (bicyclic) bond motifs is 1. The van der Waals surface area contributed by atoms with Crippen LogP contribution in [0.1, 0.15) is 11.1 Å². The van der Waals surface area contributed by atoms with Gasteiger partial charge >= 0.3 is 0 Å². The molecule has 4 heteroatoms. The highest BCUT2D eigenvalue weighted by atomic mass is 19.1. The fraction of sp³-hybridized carbons (Fsp3) is 0.158. The first-order valence-corrected chi connectivity index (χ1v) is 7.24. The van der Waals surface area contributed by atoms with Crippen LogP contribution in [0.3, 0.4) is 0 Å². The third kappa shape index (κ3) is 2.68. The summed E-state index contributed by atoms with van der Waals surface area (Å²) in [5.41, 5.74) is 1.82. The van der Waals surface area contributed by atoms with Gasteiger partial charge in [-0.1, -0.05) is 36.4 Å². The molecule has 0 bridgehead atoms. The molecule has 1 N–H and O–H groups in total. The van der Waals surface area contributed by atoms with E-state index in [-0.39, 0.29) is 17.2 Å². The first-order valence-electron chi connectivity index (χ1n) is 7.24. The van der Waals surface area contributed by atoms with E-state index >= 15 is 0 Å². The molecule has 0 radical (unpaired) electrons. The van der Waals surface area contributed by atoms with E-state index < -0.39 is 5.82 Å². The van der Waals surface area contributed by atoms with Crippen molar-refractivity contribution in [1.29, 1.82) is 0 Å². The van der Waals surface area contributed by atoms with Gasteiger partial charge in [0.2, 0.25) is 0 Å². The maximum Gasteiger partial charge on any atom is 0.169 e. The zero-order valence-electron chi connectivity index (χ0n) is 13.0. The maximum absolute atomic E-state index is 14.1. The molecule has 0 fully saturated rings. The lowest BCUT2D eigenvalue weighted by Crippen LogP contribution is -1.96. The molecule has 0 atom stereocenters. The standard InChI is InChI=1S/C19H17FO3/c1-22-16-11-15(20)19(23-2)14-9-8-13(18(21)17(14)16)10-12-6-4-3-5-7-12/h3-9,11,21H,10H2,1-2H3. The van der Waals surface area contributed by atoms with Gasteiger partial charge in [-0.2, -0.15) is 0 Å². The van der Waals surface area contributed by atoms with Crippen LogP contribution in [0, 0.1) is 5.82 Å². The van der Waals surface area contributed by atoms with Gasteiger partial charge in [-0.05, 0) is 17.2 Å². The van der Waals surface area contributed by atoms with Crippen LogP contribution in [0.25, 0.3) is 10.8 Å². The number of hydrogen-bond acceptors (Lipinski definition) is 3. The number of aromatic hydroxyl groups is 1. The first kappa shape index (κ1) is 15.2. The molecule has 0 aliphatic carbocycles. The van der Waals surface area contributed by atoms with Gasteiger partial charge in [0.25, 0.3) is 0 Å². The zero-order valence-corrected chi connectivity index (χ0v) is 13.0. The Morgan fingerprint density at radius 1 is 1.00 bits per heavy atom. The molecular formula is C19H17FO3. The van der Waals surface area contributed by atoms with Gasteiger partial charge in [-0.25, -0.2) is 4.39 Å². The van der Waals surface area contributed by atoms with Gasteiger partial charge in [-0.15, -0.1) is 0 Å². The summed E-state index contributed by atoms with van der Waals surface area (Å²) in [5, 5.41) is 11.6. The topological polar surface area (TPSA) is 38.7 Å². The molecule has 0 amide bonds. The van der Waals surface area contributed by atoms with Gasteiger partial charge in [0, 0.05) is 17.9 Å². The summed E-state index contributed by atoms with van der Waals surface area (Å²) in [6.07, 6.45) is 0.575. The Morgan fingerprint density at radius 2 is 1.74 bits per heavy atom. The minimum absolute atomic E-state index is 0.0847. The van der Waals surface area contributed by atoms with Crippen LogP contribution in [0.5, 0.6) is 17.2 Å². The second-order valence-corrected chi connectivity index (χ2v) is 5.25. The number of hydrogen-bond donors (Lipinski definition) is 1. The smallest absolute Gasteiger partial charge is 0.169 e. The van der Waals surface area contributed by atoms with Crippen LogP contribution < -0.4 is 9.47 Å². The average Bonchev–Trinajstić information content (AvgIpc) is 2.57. The van der Waals surface area contributed by atoms with E-state index in [2.05, 4.69) is 0 Å². The zero-order chi connectivity index (χ0) is 16.4. The normalized spacial score (nSPS) is 10.7. The van der Waals surface area contributed by atoms with Crippen molar-refractivity contribution in [2.24, 2.45) is 0 Å². The van der Waals surface area contributed by atoms with E-state index in [1.807, 2.05) is 30.3 Å². The SMILES string of the molecule is COc1c(F)cc(OC)c2c(O)c(Cc3ccccc3)ccc12. The fourth-order valence-corrected chi connectivity index (χ4v) is 2.78. The number of ether oxygens (including phenoxy) is 2. The summed E-state index contributed by atoms with van der Waals surface area (Å²) >= 11 is 0. The summed E-state index contributed by atoms with van der Waals surface area (Å²) in [6, 6.07) is 14.6. The van der Waals surface area contributed by atoms with E-state index in [0.717, 1.165) is 11.1 Å². The Kier molecular flexibility index (Phi) is 4.06. The second kappa shape index (κ2) is 6.16. The quantitative estimate of drug-likeness (QED) is 0.781. The van der Waals surface area contributed by atoms with Crippen molar-refractivity contribution in [1.82, 2.24) is 0 Å². The summed E-state index contributed by atoms with van der Waals surface area (Å²) < 4.78 is 24.4. The highest BCUT2D eigenvalue weighted by Gasteiger charge is 2.18. The van der Waals surface area contributed by atoms with Crippen LogP contribution in [0.2, 0.25) is 0 Å². The molecule has 0 saturated heterocycles. The van der Waals surface area contributed by atoms with E-state index in [1.54, 1.807) is 12.1 Å². The van der Waals surface area contributed by atoms with Gasteiger partial charge in [0.05, 0.1) is 19.6 Å². The van der Waals surface area contributed by atoms with E-state index in [1.165, 1.54) is 20.3 Å². The Balaban J connectivity index is 2.20. The van der Waals surface area contributed by atoms with Crippen molar-refractivity contribution in [2.75, 3.05) is 14.2 Å². The predicted molar refractivity (Wildman–Crippen MR) is 87.9 cm³/mol. The highest BCUT2D eigenvalue weighted by molar-refractivity contribution is 5.98. The molecular weight excluding hydrogens is 295 g/mol. The van der Waals surface area contributed by atoms with Crippen molar-refractivity contribution in [3.05, 3.63) is 65.5 Å². The lowest BCUT2D eigenvalue weighted by Gasteiger charge is -2.14. The molecule has 0 heterocycles. The average molecular weight is 312 g/mol. The molecule has 0 aliphatic heterocycles. The number of methoxy groups -OCH3 is 2. The summed E-state index contributed by atoms with van der Waals surface area (Å²) in [4.78, 5) is 0. The molecule has 0 spiro atoms. The monoisotopic (exact) mass is 312 g/mol. The minimum Gasteiger partial charge on any atom is -0.507 e. The molecule has 0 unspecified atom stereocenters. The number of phenolic OH excluding ortho intramolecular Hbond substituents is 1. The highest BCUT2D eigenvalue weighted by Crippen LogP contribution is 2.42. The molecule has 3 nitrogen and oxygen atoms in total. The van der Waals surface area contributed by atoms with E-state index in [0.29, 0.717) is 17.2 Å². The summed E-state index contributed by atoms with van der Waals surface area (Å²) in [6.45, 7) is 0. The first-order chi connectivity index (χ1) is 11.2. The van der Waals surface area contributed by atoms with Crippen LogP contribution in [-0.4, -0.2) is 19.3 Å². The van der Waals surface area contributed by atoms with Crippen molar-refractivity contribution in [2.45, 2.75) is 6.42 Å². The van der Waals surface area contributed by atoms with Gasteiger partial charge < -0.3 is 14.6 Å². The number of halogens is 1. The molecule has 0 aliphatic rings. The molecule has 23 heavy (non-hydrogen) atoms. The molecule has 0 aromatic heterocycles. The third-order valence-electron chi connectivity index (χ3n) is 3.89. The lowest BCUT2D eigenvalue weighted by molar-refractivity contribution is 0.383. The fourth-order valence-electron chi connectivity index (χ4n) is 2.78. The van der Waals surface area contributed by atoms with Gasteiger partial charge in [0.1, 0.15) is 11.5 Å². The maximum atomic E-state index is 14.1. The Morgan fingerprint density at radius 3 is 2.39 bits per heavy atom. The van der Waals surface area contributed by atoms with Crippen LogP contribution in [0.15, 0.2) is 48.5 Å². The van der Waals surface area contributed by atoms with Crippen LogP contribution in [-0.2, 0) is 6.42 Å². The number of benzene rings is 3. The molecule has 118 valence electrons. The van der Waals surface area contributed by atoms with Gasteiger partial charge in [0.15, 0.2) is 11.6 Å². The van der Waals surface area contributed by atoms with E-state index in [4.69, 9.17) is 9.47 Å². The minimum atomic E-state index is -0.521. The summed E-state index contributed by atoms with van der Waals surface area (Å²) in [7, 11) is 2.85. The molecule has 0 saturated carbocycles. The number of phenols is 1. The van der Waals surface area contributed by atoms with Crippen molar-refractivity contribution in [3.63, 3.8) is 0 Å².